The van der Waals surface area contributed by atoms with Gasteiger partial charge in [-0.15, -0.1) is 0 Å². The van der Waals surface area contributed by atoms with Crippen LogP contribution in [-0.2, 0) is 10.0 Å². The highest BCUT2D eigenvalue weighted by Gasteiger charge is 2.15. The monoisotopic (exact) mass is 299 g/mol. The Bertz CT molecular complexity index is 638. The van der Waals surface area contributed by atoms with Gasteiger partial charge < -0.3 is 10.2 Å². The zero-order valence-corrected chi connectivity index (χ0v) is 12.5. The summed E-state index contributed by atoms with van der Waals surface area (Å²) >= 11 is 0. The molecule has 0 spiro atoms. The molecule has 0 saturated heterocycles. The summed E-state index contributed by atoms with van der Waals surface area (Å²) in [6.45, 7) is 0. The van der Waals surface area contributed by atoms with Gasteiger partial charge >= 0.3 is 0 Å². The Morgan fingerprint density at radius 3 is 2.10 bits per heavy atom. The van der Waals surface area contributed by atoms with Gasteiger partial charge in [0, 0.05) is 32.3 Å². The standard InChI is InChI=1S/C12H17N3O4S/c1-13-11(16)8-5-9(12(17)15(2)3)7-10(6-8)14-20(4,18)19/h5-7,14H,1-4H3,(H,13,16). The van der Waals surface area contributed by atoms with Crippen LogP contribution in [0.25, 0.3) is 0 Å². The molecule has 0 saturated carbocycles. The minimum atomic E-state index is -3.50. The van der Waals surface area contributed by atoms with Crippen molar-refractivity contribution in [2.45, 2.75) is 0 Å². The van der Waals surface area contributed by atoms with E-state index in [4.69, 9.17) is 0 Å². The average molecular weight is 299 g/mol. The molecule has 0 atom stereocenters. The molecular formula is C12H17N3O4S. The molecule has 0 aliphatic heterocycles. The molecule has 0 radical (unpaired) electrons. The summed E-state index contributed by atoms with van der Waals surface area (Å²) in [4.78, 5) is 24.9. The second-order valence-corrected chi connectivity index (χ2v) is 6.20. The first-order valence-electron chi connectivity index (χ1n) is 5.70. The Labute approximate surface area is 118 Å². The molecule has 0 heterocycles. The molecule has 0 aliphatic rings. The summed E-state index contributed by atoms with van der Waals surface area (Å²) in [7, 11) is 1.09. The molecule has 20 heavy (non-hydrogen) atoms. The van der Waals surface area contributed by atoms with E-state index in [-0.39, 0.29) is 22.7 Å². The van der Waals surface area contributed by atoms with Crippen molar-refractivity contribution in [1.82, 2.24) is 10.2 Å². The fourth-order valence-corrected chi connectivity index (χ4v) is 2.10. The maximum absolute atomic E-state index is 11.9. The maximum Gasteiger partial charge on any atom is 0.253 e. The van der Waals surface area contributed by atoms with Crippen LogP contribution in [-0.4, -0.2) is 52.5 Å². The van der Waals surface area contributed by atoms with E-state index in [9.17, 15) is 18.0 Å². The Balaban J connectivity index is 3.35. The number of hydrogen-bond acceptors (Lipinski definition) is 4. The van der Waals surface area contributed by atoms with E-state index in [0.29, 0.717) is 0 Å². The van der Waals surface area contributed by atoms with E-state index in [0.717, 1.165) is 6.26 Å². The predicted molar refractivity (Wildman–Crippen MR) is 76.3 cm³/mol. The number of sulfonamides is 1. The summed E-state index contributed by atoms with van der Waals surface area (Å²) in [5.74, 6) is -0.734. The number of nitrogens with one attached hydrogen (secondary N) is 2. The summed E-state index contributed by atoms with van der Waals surface area (Å²) in [5.41, 5.74) is 0.590. The van der Waals surface area contributed by atoms with Gasteiger partial charge in [-0.1, -0.05) is 0 Å². The van der Waals surface area contributed by atoms with E-state index in [2.05, 4.69) is 10.0 Å². The third-order valence-electron chi connectivity index (χ3n) is 2.38. The number of carbonyl (C=O) groups excluding carboxylic acids is 2. The zero-order valence-electron chi connectivity index (χ0n) is 11.7. The quantitative estimate of drug-likeness (QED) is 0.825. The normalized spacial score (nSPS) is 10.8. The van der Waals surface area contributed by atoms with Crippen LogP contribution in [0.3, 0.4) is 0 Å². The van der Waals surface area contributed by atoms with Crippen LogP contribution < -0.4 is 10.0 Å². The van der Waals surface area contributed by atoms with E-state index in [1.54, 1.807) is 14.1 Å². The maximum atomic E-state index is 11.9. The van der Waals surface area contributed by atoms with Gasteiger partial charge in [-0.3, -0.25) is 14.3 Å². The van der Waals surface area contributed by atoms with Gasteiger partial charge in [0.25, 0.3) is 11.8 Å². The number of rotatable bonds is 4. The number of benzene rings is 1. The lowest BCUT2D eigenvalue weighted by atomic mass is 10.1. The predicted octanol–water partition coefficient (Wildman–Crippen LogP) is 0.119. The summed E-state index contributed by atoms with van der Waals surface area (Å²) in [5, 5.41) is 2.43. The molecule has 8 heteroatoms. The van der Waals surface area contributed by atoms with Gasteiger partial charge in [0.2, 0.25) is 10.0 Å². The van der Waals surface area contributed by atoms with Gasteiger partial charge in [-0.2, -0.15) is 0 Å². The first-order valence-corrected chi connectivity index (χ1v) is 7.60. The average Bonchev–Trinajstić information content (AvgIpc) is 2.34. The van der Waals surface area contributed by atoms with Gasteiger partial charge in [0.15, 0.2) is 0 Å². The van der Waals surface area contributed by atoms with Gasteiger partial charge in [-0.25, -0.2) is 8.42 Å². The Morgan fingerprint density at radius 1 is 1.10 bits per heavy atom. The van der Waals surface area contributed by atoms with Crippen LogP contribution in [0.15, 0.2) is 18.2 Å². The highest BCUT2D eigenvalue weighted by atomic mass is 32.2. The van der Waals surface area contributed by atoms with Crippen LogP contribution in [0.4, 0.5) is 5.69 Å². The molecule has 0 aliphatic carbocycles. The molecule has 0 unspecified atom stereocenters. The molecule has 2 N–H and O–H groups in total. The van der Waals surface area contributed by atoms with Crippen LogP contribution >= 0.6 is 0 Å². The number of carbonyl (C=O) groups is 2. The minimum Gasteiger partial charge on any atom is -0.355 e. The van der Waals surface area contributed by atoms with E-state index >= 15 is 0 Å². The Kier molecular flexibility index (Phi) is 4.72. The third-order valence-corrected chi connectivity index (χ3v) is 2.99. The third kappa shape index (κ3) is 4.23. The van der Waals surface area contributed by atoms with Crippen LogP contribution in [0.1, 0.15) is 20.7 Å². The molecule has 0 aromatic heterocycles. The summed E-state index contributed by atoms with van der Waals surface area (Å²) in [6, 6.07) is 4.16. The lowest BCUT2D eigenvalue weighted by Gasteiger charge is -2.13. The molecule has 0 fully saturated rings. The number of hydrogen-bond donors (Lipinski definition) is 2. The fraction of sp³-hybridized carbons (Fsp3) is 0.333. The SMILES string of the molecule is CNC(=O)c1cc(NS(C)(=O)=O)cc(C(=O)N(C)C)c1. The molecule has 0 bridgehead atoms. The molecule has 1 aromatic carbocycles. The van der Waals surface area contributed by atoms with Crippen molar-refractivity contribution >= 4 is 27.5 Å². The Morgan fingerprint density at radius 2 is 1.65 bits per heavy atom. The van der Waals surface area contributed by atoms with Crippen LogP contribution in [0.5, 0.6) is 0 Å². The van der Waals surface area contributed by atoms with Gasteiger partial charge in [0.1, 0.15) is 0 Å². The second-order valence-electron chi connectivity index (χ2n) is 4.45. The van der Waals surface area contributed by atoms with Crippen LogP contribution in [0.2, 0.25) is 0 Å². The molecule has 110 valence electrons. The largest absolute Gasteiger partial charge is 0.355 e. The summed E-state index contributed by atoms with van der Waals surface area (Å²) in [6.07, 6.45) is 0.993. The van der Waals surface area contributed by atoms with Crippen molar-refractivity contribution in [1.29, 1.82) is 0 Å². The van der Waals surface area contributed by atoms with Crippen molar-refractivity contribution in [3.63, 3.8) is 0 Å². The second kappa shape index (κ2) is 5.91. The zero-order chi connectivity index (χ0) is 15.5. The number of anilines is 1. The van der Waals surface area contributed by atoms with Crippen molar-refractivity contribution in [2.75, 3.05) is 32.1 Å². The molecule has 7 nitrogen and oxygen atoms in total. The molecule has 2 amide bonds. The number of nitrogens with zero attached hydrogens (tertiary/aromatic N) is 1. The highest BCUT2D eigenvalue weighted by molar-refractivity contribution is 7.92. The first kappa shape index (κ1) is 16.0. The van der Waals surface area contributed by atoms with Crippen molar-refractivity contribution in [3.8, 4) is 0 Å². The van der Waals surface area contributed by atoms with Crippen molar-refractivity contribution in [2.24, 2.45) is 0 Å². The number of amides is 2. The fourth-order valence-electron chi connectivity index (χ4n) is 1.56. The molecule has 1 aromatic rings. The van der Waals surface area contributed by atoms with E-state index < -0.39 is 15.9 Å². The summed E-state index contributed by atoms with van der Waals surface area (Å²) < 4.78 is 24.8. The Hall–Kier alpha value is -2.09. The van der Waals surface area contributed by atoms with Crippen molar-refractivity contribution in [3.05, 3.63) is 29.3 Å². The van der Waals surface area contributed by atoms with E-state index in [1.165, 1.54) is 30.1 Å². The van der Waals surface area contributed by atoms with Crippen LogP contribution in [0, 0.1) is 0 Å². The lowest BCUT2D eigenvalue weighted by Crippen LogP contribution is -2.24. The smallest absolute Gasteiger partial charge is 0.253 e. The van der Waals surface area contributed by atoms with Crippen molar-refractivity contribution < 1.29 is 18.0 Å². The van der Waals surface area contributed by atoms with Gasteiger partial charge in [-0.05, 0) is 18.2 Å². The van der Waals surface area contributed by atoms with E-state index in [1.807, 2.05) is 0 Å². The highest BCUT2D eigenvalue weighted by Crippen LogP contribution is 2.17. The minimum absolute atomic E-state index is 0.166. The lowest BCUT2D eigenvalue weighted by molar-refractivity contribution is 0.0827. The topological polar surface area (TPSA) is 95.6 Å². The van der Waals surface area contributed by atoms with Gasteiger partial charge in [0.05, 0.1) is 11.9 Å². The molecule has 1 rings (SSSR count). The first-order chi connectivity index (χ1) is 9.14. The molecular weight excluding hydrogens is 282 g/mol.